The van der Waals surface area contributed by atoms with Crippen LogP contribution in [0.4, 0.5) is 13.6 Å². The van der Waals surface area contributed by atoms with Crippen molar-refractivity contribution in [3.05, 3.63) is 35.9 Å². The highest BCUT2D eigenvalue weighted by atomic mass is 19.3. The van der Waals surface area contributed by atoms with Crippen LogP contribution in [0.25, 0.3) is 22.3 Å². The van der Waals surface area contributed by atoms with Gasteiger partial charge >= 0.3 is 6.09 Å². The molecule has 1 unspecified atom stereocenters. The Labute approximate surface area is 184 Å². The van der Waals surface area contributed by atoms with Gasteiger partial charge in [0.2, 0.25) is 11.7 Å². The predicted octanol–water partition coefficient (Wildman–Crippen LogP) is 5.00. The normalized spacial score (nSPS) is 20.5. The topological polar surface area (TPSA) is 73.4 Å². The molecule has 32 heavy (non-hydrogen) atoms. The number of rotatable bonds is 2. The number of alkyl halides is 2. The summed E-state index contributed by atoms with van der Waals surface area (Å²) < 4.78 is 42.9. The Kier molecular flexibility index (Phi) is 4.76. The minimum atomic E-state index is -3.20. The molecule has 1 fully saturated rings. The number of benzene rings is 1. The number of carbonyl (C=O) groups excluding carboxylic acids is 1. The summed E-state index contributed by atoms with van der Waals surface area (Å²) in [7, 11) is 0. The third-order valence-corrected chi connectivity index (χ3v) is 6.09. The lowest BCUT2D eigenvalue weighted by molar-refractivity contribution is -0.0911. The van der Waals surface area contributed by atoms with Crippen molar-refractivity contribution in [2.24, 2.45) is 0 Å². The van der Waals surface area contributed by atoms with E-state index in [-0.39, 0.29) is 18.9 Å². The van der Waals surface area contributed by atoms with E-state index >= 15 is 8.78 Å². The van der Waals surface area contributed by atoms with Gasteiger partial charge in [-0.2, -0.15) is 4.98 Å². The number of likely N-dealkylation sites (tertiary alicyclic amines) is 1. The number of para-hydroxylation sites is 1. The number of hydrogen-bond donors (Lipinski definition) is 0. The average Bonchev–Trinajstić information content (AvgIpc) is 3.41. The van der Waals surface area contributed by atoms with Gasteiger partial charge in [-0.3, -0.25) is 0 Å². The quantitative estimate of drug-likeness (QED) is 0.556. The molecule has 2 aromatic heterocycles. The molecule has 0 aliphatic carbocycles. The summed E-state index contributed by atoms with van der Waals surface area (Å²) in [6.45, 7) is 5.43. The molecule has 0 bridgehead atoms. The molecule has 1 amide bonds. The van der Waals surface area contributed by atoms with E-state index in [1.165, 1.54) is 0 Å². The van der Waals surface area contributed by atoms with E-state index in [4.69, 9.17) is 9.26 Å². The van der Waals surface area contributed by atoms with Gasteiger partial charge in [-0.15, -0.1) is 0 Å². The lowest BCUT2D eigenvalue weighted by Crippen LogP contribution is -2.51. The molecule has 0 N–H and O–H groups in total. The van der Waals surface area contributed by atoms with Crippen LogP contribution >= 0.6 is 0 Å². The van der Waals surface area contributed by atoms with Crippen LogP contribution < -0.4 is 0 Å². The van der Waals surface area contributed by atoms with E-state index in [1.807, 2.05) is 18.2 Å². The lowest BCUT2D eigenvalue weighted by Gasteiger charge is -2.37. The van der Waals surface area contributed by atoms with Crippen molar-refractivity contribution in [1.29, 1.82) is 0 Å². The molecular formula is C23H26F2N4O3. The molecule has 9 heteroatoms. The number of aromatic nitrogens is 3. The van der Waals surface area contributed by atoms with Gasteiger partial charge in [0.1, 0.15) is 11.5 Å². The van der Waals surface area contributed by atoms with Crippen LogP contribution in [0.1, 0.15) is 51.1 Å². The van der Waals surface area contributed by atoms with E-state index in [1.54, 1.807) is 20.8 Å². The van der Waals surface area contributed by atoms with Gasteiger partial charge in [0.05, 0.1) is 12.1 Å². The monoisotopic (exact) mass is 444 g/mol. The third-order valence-electron chi connectivity index (χ3n) is 6.09. The fraction of sp³-hybridized carbons (Fsp3) is 0.522. The molecule has 2 aliphatic rings. The summed E-state index contributed by atoms with van der Waals surface area (Å²) in [6.07, 6.45) is 1.19. The molecule has 0 saturated carbocycles. The highest BCUT2D eigenvalue weighted by Crippen LogP contribution is 2.42. The molecule has 3 aromatic rings. The Hall–Kier alpha value is -2.97. The number of carbonyl (C=O) groups is 1. The maximum absolute atomic E-state index is 15.0. The van der Waals surface area contributed by atoms with Crippen LogP contribution in [-0.2, 0) is 17.7 Å². The molecule has 2 aliphatic heterocycles. The Morgan fingerprint density at radius 3 is 2.78 bits per heavy atom. The highest BCUT2D eigenvalue weighted by molar-refractivity contribution is 5.96. The van der Waals surface area contributed by atoms with E-state index in [2.05, 4.69) is 20.8 Å². The molecular weight excluding hydrogens is 418 g/mol. The minimum Gasteiger partial charge on any atom is -0.444 e. The van der Waals surface area contributed by atoms with E-state index < -0.39 is 30.1 Å². The van der Waals surface area contributed by atoms with Crippen molar-refractivity contribution in [3.8, 4) is 11.4 Å². The van der Waals surface area contributed by atoms with Gasteiger partial charge in [0, 0.05) is 29.7 Å². The number of amides is 1. The number of nitrogens with zero attached hydrogens (tertiary/aromatic N) is 4. The number of piperidine rings is 1. The summed E-state index contributed by atoms with van der Waals surface area (Å²) in [5.41, 5.74) is 2.33. The second-order valence-corrected chi connectivity index (χ2v) is 9.55. The van der Waals surface area contributed by atoms with Gasteiger partial charge in [0.15, 0.2) is 0 Å². The Bertz CT molecular complexity index is 1180. The summed E-state index contributed by atoms with van der Waals surface area (Å²) in [4.78, 5) is 17.7. The molecule has 1 atom stereocenters. The molecule has 1 saturated heterocycles. The van der Waals surface area contributed by atoms with Gasteiger partial charge in [0.25, 0.3) is 5.92 Å². The van der Waals surface area contributed by atoms with Crippen molar-refractivity contribution >= 4 is 17.0 Å². The van der Waals surface area contributed by atoms with Gasteiger partial charge < -0.3 is 18.7 Å². The number of aryl methyl sites for hydroxylation is 1. The summed E-state index contributed by atoms with van der Waals surface area (Å²) in [6, 6.07) is 7.98. The van der Waals surface area contributed by atoms with Crippen molar-refractivity contribution in [2.75, 3.05) is 13.1 Å². The zero-order valence-corrected chi connectivity index (χ0v) is 18.4. The fourth-order valence-electron chi connectivity index (χ4n) is 4.73. The van der Waals surface area contributed by atoms with Crippen LogP contribution in [-0.4, -0.2) is 50.3 Å². The molecule has 0 spiro atoms. The maximum atomic E-state index is 15.0. The number of halogens is 2. The predicted molar refractivity (Wildman–Crippen MR) is 114 cm³/mol. The number of ether oxygens (including phenoxy) is 1. The SMILES string of the molecule is CC(C)(C)OC(=O)N1CCC(c2nc(-c3c4n(c5ccccc35)CCC4)no2)C(F)(F)C1. The summed E-state index contributed by atoms with van der Waals surface area (Å²) in [5.74, 6) is -4.19. The van der Waals surface area contributed by atoms with Crippen LogP contribution in [0.3, 0.4) is 0 Å². The fourth-order valence-corrected chi connectivity index (χ4v) is 4.73. The van der Waals surface area contributed by atoms with Crippen LogP contribution in [0.15, 0.2) is 28.8 Å². The first-order chi connectivity index (χ1) is 15.1. The zero-order chi connectivity index (χ0) is 22.7. The van der Waals surface area contributed by atoms with Gasteiger partial charge in [-0.05, 0) is 46.1 Å². The zero-order valence-electron chi connectivity index (χ0n) is 18.4. The molecule has 170 valence electrons. The summed E-state index contributed by atoms with van der Waals surface area (Å²) >= 11 is 0. The van der Waals surface area contributed by atoms with Crippen LogP contribution in [0.5, 0.6) is 0 Å². The highest BCUT2D eigenvalue weighted by Gasteiger charge is 2.50. The molecule has 0 radical (unpaired) electrons. The largest absolute Gasteiger partial charge is 0.444 e. The first-order valence-corrected chi connectivity index (χ1v) is 10.9. The molecule has 7 nitrogen and oxygen atoms in total. The Morgan fingerprint density at radius 1 is 1.25 bits per heavy atom. The Morgan fingerprint density at radius 2 is 2.03 bits per heavy atom. The van der Waals surface area contributed by atoms with Crippen molar-refractivity contribution in [2.45, 2.75) is 64.0 Å². The smallest absolute Gasteiger partial charge is 0.410 e. The standard InChI is InChI=1S/C23H26F2N4O3/c1-22(2,3)31-21(30)28-12-10-15(23(24,25)13-28)20-26-19(27-32-20)18-14-7-4-5-8-16(14)29-11-6-9-17(18)29/h4-5,7-8,15H,6,9-13H2,1-3H3. The molecule has 1 aromatic carbocycles. The van der Waals surface area contributed by atoms with Crippen molar-refractivity contribution in [1.82, 2.24) is 19.6 Å². The van der Waals surface area contributed by atoms with E-state index in [0.717, 1.165) is 46.4 Å². The number of fused-ring (bicyclic) bond motifs is 3. The van der Waals surface area contributed by atoms with Gasteiger partial charge in [-0.1, -0.05) is 23.4 Å². The number of hydrogen-bond acceptors (Lipinski definition) is 5. The van der Waals surface area contributed by atoms with Crippen LogP contribution in [0, 0.1) is 0 Å². The van der Waals surface area contributed by atoms with Crippen molar-refractivity contribution < 1.29 is 22.8 Å². The first kappa shape index (κ1) is 20.9. The van der Waals surface area contributed by atoms with E-state index in [9.17, 15) is 4.79 Å². The van der Waals surface area contributed by atoms with E-state index in [0.29, 0.717) is 5.82 Å². The third kappa shape index (κ3) is 3.53. The molecule has 4 heterocycles. The Balaban J connectivity index is 1.42. The van der Waals surface area contributed by atoms with Crippen molar-refractivity contribution in [3.63, 3.8) is 0 Å². The second-order valence-electron chi connectivity index (χ2n) is 9.55. The first-order valence-electron chi connectivity index (χ1n) is 10.9. The lowest BCUT2D eigenvalue weighted by atomic mass is 9.93. The second kappa shape index (κ2) is 7.28. The van der Waals surface area contributed by atoms with Crippen LogP contribution in [0.2, 0.25) is 0 Å². The average molecular weight is 444 g/mol. The van der Waals surface area contributed by atoms with Gasteiger partial charge in [-0.25, -0.2) is 13.6 Å². The minimum absolute atomic E-state index is 0.0164. The maximum Gasteiger partial charge on any atom is 0.410 e. The molecule has 5 rings (SSSR count). The summed E-state index contributed by atoms with van der Waals surface area (Å²) in [5, 5.41) is 5.09.